The second-order valence-electron chi connectivity index (χ2n) is 4.51. The first-order valence-electron chi connectivity index (χ1n) is 6.46. The molecule has 20 heavy (non-hydrogen) atoms. The topological polar surface area (TPSA) is 139 Å². The number of aliphatic carboxylic acids is 2. The number of unbranched alkanes of at least 4 members (excludes halogenated alkanes) is 1. The number of hydrogen-bond acceptors (Lipinski definition) is 6. The predicted molar refractivity (Wildman–Crippen MR) is 70.2 cm³/mol. The van der Waals surface area contributed by atoms with E-state index in [2.05, 4.69) is 12.2 Å². The van der Waals surface area contributed by atoms with Crippen molar-refractivity contribution < 1.29 is 29.3 Å². The SMILES string of the molecule is CCCCOC(=O)C1(N)CCNCC1.O=C(O)C(=O)O. The van der Waals surface area contributed by atoms with Crippen molar-refractivity contribution in [2.24, 2.45) is 5.73 Å². The molecule has 116 valence electrons. The predicted octanol–water partition coefficient (Wildman–Crippen LogP) is -0.434. The summed E-state index contributed by atoms with van der Waals surface area (Å²) in [6.07, 6.45) is 3.31. The maximum absolute atomic E-state index is 11.6. The molecule has 0 radical (unpaired) electrons. The first-order chi connectivity index (χ1) is 9.33. The van der Waals surface area contributed by atoms with Crippen LogP contribution in [0.4, 0.5) is 0 Å². The van der Waals surface area contributed by atoms with Crippen LogP contribution in [0.3, 0.4) is 0 Å². The van der Waals surface area contributed by atoms with Gasteiger partial charge in [-0.15, -0.1) is 0 Å². The minimum absolute atomic E-state index is 0.229. The number of carboxylic acids is 2. The van der Waals surface area contributed by atoms with Gasteiger partial charge >= 0.3 is 17.9 Å². The van der Waals surface area contributed by atoms with Crippen molar-refractivity contribution in [3.05, 3.63) is 0 Å². The number of nitrogens with two attached hydrogens (primary N) is 1. The van der Waals surface area contributed by atoms with Gasteiger partial charge in [0.2, 0.25) is 0 Å². The average molecular weight is 290 g/mol. The Morgan fingerprint density at radius 2 is 1.70 bits per heavy atom. The van der Waals surface area contributed by atoms with Crippen LogP contribution in [0, 0.1) is 0 Å². The van der Waals surface area contributed by atoms with Gasteiger partial charge in [0.05, 0.1) is 6.61 Å². The van der Waals surface area contributed by atoms with Gasteiger partial charge in [0.1, 0.15) is 5.54 Å². The number of nitrogens with one attached hydrogen (secondary N) is 1. The maximum Gasteiger partial charge on any atom is 0.414 e. The highest BCUT2D eigenvalue weighted by molar-refractivity contribution is 6.27. The fourth-order valence-electron chi connectivity index (χ4n) is 1.53. The summed E-state index contributed by atoms with van der Waals surface area (Å²) in [6.45, 7) is 4.18. The van der Waals surface area contributed by atoms with Gasteiger partial charge in [-0.2, -0.15) is 0 Å². The van der Waals surface area contributed by atoms with Gasteiger partial charge in [-0.05, 0) is 32.4 Å². The van der Waals surface area contributed by atoms with Crippen LogP contribution in [0.15, 0.2) is 0 Å². The van der Waals surface area contributed by atoms with E-state index in [9.17, 15) is 4.79 Å². The maximum atomic E-state index is 11.6. The molecule has 5 N–H and O–H groups in total. The lowest BCUT2D eigenvalue weighted by Gasteiger charge is -2.31. The van der Waals surface area contributed by atoms with E-state index in [1.54, 1.807) is 0 Å². The first kappa shape index (κ1) is 18.3. The molecule has 8 nitrogen and oxygen atoms in total. The molecule has 0 spiro atoms. The van der Waals surface area contributed by atoms with Crippen molar-refractivity contribution >= 4 is 17.9 Å². The summed E-state index contributed by atoms with van der Waals surface area (Å²) in [4.78, 5) is 29.8. The summed E-state index contributed by atoms with van der Waals surface area (Å²) in [5, 5.41) is 18.0. The van der Waals surface area contributed by atoms with Crippen molar-refractivity contribution in [1.29, 1.82) is 0 Å². The Balaban J connectivity index is 0.000000511. The Labute approximate surface area is 117 Å². The summed E-state index contributed by atoms with van der Waals surface area (Å²) >= 11 is 0. The summed E-state index contributed by atoms with van der Waals surface area (Å²) in [6, 6.07) is 0. The Kier molecular flexibility index (Phi) is 8.49. The van der Waals surface area contributed by atoms with Gasteiger partial charge in [-0.3, -0.25) is 4.79 Å². The summed E-state index contributed by atoms with van der Waals surface area (Å²) < 4.78 is 5.13. The molecule has 1 aliphatic heterocycles. The number of esters is 1. The van der Waals surface area contributed by atoms with Gasteiger partial charge in [-0.25, -0.2) is 9.59 Å². The molecule has 8 heteroatoms. The van der Waals surface area contributed by atoms with Gasteiger partial charge in [0.25, 0.3) is 0 Å². The smallest absolute Gasteiger partial charge is 0.414 e. The summed E-state index contributed by atoms with van der Waals surface area (Å²) in [5.74, 6) is -3.88. The number of ether oxygens (including phenoxy) is 1. The highest BCUT2D eigenvalue weighted by Crippen LogP contribution is 2.16. The zero-order valence-electron chi connectivity index (χ0n) is 11.6. The highest BCUT2D eigenvalue weighted by atomic mass is 16.5. The number of hydrogen-bond donors (Lipinski definition) is 4. The normalized spacial score (nSPS) is 16.5. The molecule has 0 amide bonds. The molecule has 0 aliphatic carbocycles. The van der Waals surface area contributed by atoms with E-state index < -0.39 is 17.5 Å². The molecule has 1 fully saturated rings. The zero-order valence-corrected chi connectivity index (χ0v) is 11.6. The van der Waals surface area contributed by atoms with Crippen LogP contribution in [0.25, 0.3) is 0 Å². The second-order valence-corrected chi connectivity index (χ2v) is 4.51. The van der Waals surface area contributed by atoms with Crippen LogP contribution in [0.1, 0.15) is 32.6 Å². The van der Waals surface area contributed by atoms with Gasteiger partial charge in [0, 0.05) is 0 Å². The zero-order chi connectivity index (χ0) is 15.6. The molecule has 1 heterocycles. The van der Waals surface area contributed by atoms with E-state index in [4.69, 9.17) is 30.3 Å². The van der Waals surface area contributed by atoms with Crippen LogP contribution < -0.4 is 11.1 Å². The second kappa shape index (κ2) is 9.27. The van der Waals surface area contributed by atoms with E-state index in [1.165, 1.54) is 0 Å². The van der Waals surface area contributed by atoms with Crippen LogP contribution >= 0.6 is 0 Å². The van der Waals surface area contributed by atoms with Crippen LogP contribution in [-0.2, 0) is 19.1 Å². The molecular formula is C12H22N2O6. The molecule has 0 bridgehead atoms. The minimum Gasteiger partial charge on any atom is -0.473 e. The van der Waals surface area contributed by atoms with Crippen LogP contribution in [0.5, 0.6) is 0 Å². The molecule has 0 unspecified atom stereocenters. The number of piperidine rings is 1. The van der Waals surface area contributed by atoms with E-state index in [0.717, 1.165) is 25.9 Å². The third-order valence-electron chi connectivity index (χ3n) is 2.82. The van der Waals surface area contributed by atoms with Crippen LogP contribution in [0.2, 0.25) is 0 Å². The Hall–Kier alpha value is -1.67. The Bertz CT molecular complexity index is 327. The highest BCUT2D eigenvalue weighted by Gasteiger charge is 2.36. The number of carboxylic acid groups (broad SMARTS) is 2. The first-order valence-corrected chi connectivity index (χ1v) is 6.46. The quantitative estimate of drug-likeness (QED) is 0.310. The summed E-state index contributed by atoms with van der Waals surface area (Å²) in [7, 11) is 0. The van der Waals surface area contributed by atoms with E-state index >= 15 is 0 Å². The van der Waals surface area contributed by atoms with Gasteiger partial charge in [-0.1, -0.05) is 13.3 Å². The van der Waals surface area contributed by atoms with Crippen LogP contribution in [-0.4, -0.2) is 53.4 Å². The van der Waals surface area contributed by atoms with E-state index in [1.807, 2.05) is 0 Å². The Morgan fingerprint density at radius 1 is 1.20 bits per heavy atom. The fourth-order valence-corrected chi connectivity index (χ4v) is 1.53. The lowest BCUT2D eigenvalue weighted by Crippen LogP contribution is -2.55. The van der Waals surface area contributed by atoms with Crippen molar-refractivity contribution in [3.63, 3.8) is 0 Å². The van der Waals surface area contributed by atoms with Crippen molar-refractivity contribution in [3.8, 4) is 0 Å². The minimum atomic E-state index is -1.82. The molecule has 1 rings (SSSR count). The van der Waals surface area contributed by atoms with Crippen molar-refractivity contribution in [2.45, 2.75) is 38.1 Å². The average Bonchev–Trinajstić information content (AvgIpc) is 2.40. The van der Waals surface area contributed by atoms with Crippen molar-refractivity contribution in [1.82, 2.24) is 5.32 Å². The van der Waals surface area contributed by atoms with E-state index in [0.29, 0.717) is 19.4 Å². The standard InChI is InChI=1S/C10H20N2O2.C2H2O4/c1-2-3-8-14-9(13)10(11)4-6-12-7-5-10;3-1(4)2(5)6/h12H,2-8,11H2,1H3;(H,3,4)(H,5,6). The Morgan fingerprint density at radius 3 is 2.10 bits per heavy atom. The van der Waals surface area contributed by atoms with E-state index in [-0.39, 0.29) is 5.97 Å². The molecule has 1 saturated heterocycles. The van der Waals surface area contributed by atoms with Gasteiger partial charge < -0.3 is 26.0 Å². The van der Waals surface area contributed by atoms with Crippen molar-refractivity contribution in [2.75, 3.05) is 19.7 Å². The lowest BCUT2D eigenvalue weighted by molar-refractivity contribution is -0.159. The number of rotatable bonds is 4. The third-order valence-corrected chi connectivity index (χ3v) is 2.82. The molecule has 1 aliphatic rings. The lowest BCUT2D eigenvalue weighted by atomic mass is 9.90. The molecular weight excluding hydrogens is 268 g/mol. The summed E-state index contributed by atoms with van der Waals surface area (Å²) in [5.41, 5.74) is 5.23. The largest absolute Gasteiger partial charge is 0.473 e. The molecule has 0 aromatic rings. The fraction of sp³-hybridized carbons (Fsp3) is 0.750. The monoisotopic (exact) mass is 290 g/mol. The third kappa shape index (κ3) is 7.05. The molecule has 0 aromatic carbocycles. The van der Waals surface area contributed by atoms with Gasteiger partial charge in [0.15, 0.2) is 0 Å². The molecule has 0 aromatic heterocycles. The molecule has 0 atom stereocenters. The number of carbonyl (C=O) groups excluding carboxylic acids is 1. The number of carbonyl (C=O) groups is 3. The molecule has 0 saturated carbocycles.